The summed E-state index contributed by atoms with van der Waals surface area (Å²) in [4.78, 5) is 33.5. The van der Waals surface area contributed by atoms with Crippen molar-refractivity contribution in [2.24, 2.45) is 0 Å². The molecule has 2 N–H and O–H groups in total. The van der Waals surface area contributed by atoms with E-state index in [0.29, 0.717) is 0 Å². The highest BCUT2D eigenvalue weighted by Gasteiger charge is 2.19. The van der Waals surface area contributed by atoms with Gasteiger partial charge in [-0.05, 0) is 24.5 Å². The van der Waals surface area contributed by atoms with Crippen LogP contribution in [-0.4, -0.2) is 34.9 Å². The molecule has 1 aromatic heterocycles. The molecule has 1 aromatic carbocycles. The van der Waals surface area contributed by atoms with Crippen LogP contribution in [0.2, 0.25) is 0 Å². The van der Waals surface area contributed by atoms with Gasteiger partial charge in [-0.3, -0.25) is 25.4 Å². The minimum Gasteiger partial charge on any atom is -0.362 e. The predicted octanol–water partition coefficient (Wildman–Crippen LogP) is 0.690. The van der Waals surface area contributed by atoms with Crippen molar-refractivity contribution in [1.29, 1.82) is 0 Å². The number of carbonyl (C=O) groups is 2. The van der Waals surface area contributed by atoms with E-state index in [-0.39, 0.29) is 18.1 Å². The molecule has 1 aliphatic heterocycles. The Morgan fingerprint density at radius 3 is 2.87 bits per heavy atom. The zero-order valence-corrected chi connectivity index (χ0v) is 12.5. The number of hydrazine groups is 1. The quantitative estimate of drug-likeness (QED) is 0.814. The van der Waals surface area contributed by atoms with Crippen molar-refractivity contribution >= 4 is 17.5 Å². The molecule has 2 heterocycles. The molecule has 0 atom stereocenters. The first kappa shape index (κ1) is 15.0. The Hall–Kier alpha value is -2.96. The standard InChI is InChI=1S/C16H17N5O2/c22-15(19-20-16(23)13-10-17-7-8-18-13)11-21-9-3-5-12-4-1-2-6-14(12)21/h1-2,4,6-8,10H,3,5,9,11H2,(H,19,22)(H,20,23). The third-order valence-electron chi connectivity index (χ3n) is 3.65. The summed E-state index contributed by atoms with van der Waals surface area (Å²) in [5, 5.41) is 0. The minimum absolute atomic E-state index is 0.149. The molecule has 118 valence electrons. The van der Waals surface area contributed by atoms with Crippen molar-refractivity contribution < 1.29 is 9.59 Å². The third kappa shape index (κ3) is 3.63. The molecule has 23 heavy (non-hydrogen) atoms. The number of rotatable bonds is 3. The molecule has 0 radical (unpaired) electrons. The molecule has 2 amide bonds. The molecule has 2 aromatic rings. The number of amides is 2. The van der Waals surface area contributed by atoms with Gasteiger partial charge in [-0.2, -0.15) is 0 Å². The summed E-state index contributed by atoms with van der Waals surface area (Å²) >= 11 is 0. The number of carbonyl (C=O) groups excluding carboxylic acids is 2. The van der Waals surface area contributed by atoms with Crippen molar-refractivity contribution in [3.05, 3.63) is 54.1 Å². The summed E-state index contributed by atoms with van der Waals surface area (Å²) in [7, 11) is 0. The number of hydrogen-bond donors (Lipinski definition) is 2. The topological polar surface area (TPSA) is 87.2 Å². The largest absolute Gasteiger partial charge is 0.362 e. The molecule has 0 aliphatic carbocycles. The summed E-state index contributed by atoms with van der Waals surface area (Å²) in [5.74, 6) is -0.774. The van der Waals surface area contributed by atoms with Crippen molar-refractivity contribution in [2.45, 2.75) is 12.8 Å². The smallest absolute Gasteiger partial charge is 0.289 e. The van der Waals surface area contributed by atoms with Gasteiger partial charge in [0.15, 0.2) is 0 Å². The normalized spacial score (nSPS) is 13.1. The van der Waals surface area contributed by atoms with Crippen molar-refractivity contribution in [3.63, 3.8) is 0 Å². The van der Waals surface area contributed by atoms with Crippen molar-refractivity contribution in [1.82, 2.24) is 20.8 Å². The Kier molecular flexibility index (Phi) is 4.46. The van der Waals surface area contributed by atoms with Crippen LogP contribution >= 0.6 is 0 Å². The van der Waals surface area contributed by atoms with E-state index in [1.54, 1.807) is 0 Å². The van der Waals surface area contributed by atoms with Gasteiger partial charge < -0.3 is 4.90 Å². The van der Waals surface area contributed by atoms with Crippen LogP contribution in [0.1, 0.15) is 22.5 Å². The number of nitrogens with one attached hydrogen (secondary N) is 2. The van der Waals surface area contributed by atoms with E-state index in [1.807, 2.05) is 23.1 Å². The lowest BCUT2D eigenvalue weighted by Crippen LogP contribution is -2.47. The molecule has 0 unspecified atom stereocenters. The highest BCUT2D eigenvalue weighted by Crippen LogP contribution is 2.26. The van der Waals surface area contributed by atoms with E-state index in [0.717, 1.165) is 25.1 Å². The van der Waals surface area contributed by atoms with Gasteiger partial charge in [-0.25, -0.2) is 4.98 Å². The summed E-state index contributed by atoms with van der Waals surface area (Å²) in [6, 6.07) is 8.06. The van der Waals surface area contributed by atoms with E-state index in [2.05, 4.69) is 26.9 Å². The highest BCUT2D eigenvalue weighted by atomic mass is 16.2. The van der Waals surface area contributed by atoms with Gasteiger partial charge in [0, 0.05) is 24.6 Å². The zero-order valence-electron chi connectivity index (χ0n) is 12.5. The summed E-state index contributed by atoms with van der Waals surface area (Å²) < 4.78 is 0. The summed E-state index contributed by atoms with van der Waals surface area (Å²) in [6.45, 7) is 1.01. The Balaban J connectivity index is 1.55. The first-order valence-corrected chi connectivity index (χ1v) is 7.42. The number of anilines is 1. The molecule has 3 rings (SSSR count). The lowest BCUT2D eigenvalue weighted by atomic mass is 10.0. The summed E-state index contributed by atoms with van der Waals surface area (Å²) in [6.07, 6.45) is 6.26. The molecule has 7 nitrogen and oxygen atoms in total. The number of fused-ring (bicyclic) bond motifs is 1. The molecule has 0 spiro atoms. The number of aryl methyl sites for hydroxylation is 1. The second-order valence-corrected chi connectivity index (χ2v) is 5.25. The fraction of sp³-hybridized carbons (Fsp3) is 0.250. The molecular weight excluding hydrogens is 294 g/mol. The number of benzene rings is 1. The Bertz CT molecular complexity index is 705. The maximum atomic E-state index is 12.1. The highest BCUT2D eigenvalue weighted by molar-refractivity contribution is 5.93. The van der Waals surface area contributed by atoms with E-state index in [1.165, 1.54) is 24.2 Å². The lowest BCUT2D eigenvalue weighted by Gasteiger charge is -2.30. The van der Waals surface area contributed by atoms with Crippen LogP contribution in [0, 0.1) is 0 Å². The summed E-state index contributed by atoms with van der Waals surface area (Å²) in [5.41, 5.74) is 7.23. The van der Waals surface area contributed by atoms with Gasteiger partial charge in [0.25, 0.3) is 11.8 Å². The lowest BCUT2D eigenvalue weighted by molar-refractivity contribution is -0.120. The Morgan fingerprint density at radius 1 is 1.17 bits per heavy atom. The van der Waals surface area contributed by atoms with Crippen LogP contribution in [0.25, 0.3) is 0 Å². The molecular formula is C16H17N5O2. The van der Waals surface area contributed by atoms with Gasteiger partial charge in [-0.15, -0.1) is 0 Å². The van der Waals surface area contributed by atoms with Gasteiger partial charge in [0.05, 0.1) is 12.7 Å². The average molecular weight is 311 g/mol. The van der Waals surface area contributed by atoms with E-state index < -0.39 is 5.91 Å². The monoisotopic (exact) mass is 311 g/mol. The second-order valence-electron chi connectivity index (χ2n) is 5.25. The average Bonchev–Trinajstić information content (AvgIpc) is 2.61. The number of hydrogen-bond acceptors (Lipinski definition) is 5. The number of nitrogens with zero attached hydrogens (tertiary/aromatic N) is 3. The fourth-order valence-corrected chi connectivity index (χ4v) is 2.60. The Labute approximate surface area is 133 Å². The van der Waals surface area contributed by atoms with E-state index in [9.17, 15) is 9.59 Å². The van der Waals surface area contributed by atoms with Crippen LogP contribution in [0.3, 0.4) is 0 Å². The minimum atomic E-state index is -0.495. The number of para-hydroxylation sites is 1. The van der Waals surface area contributed by atoms with Gasteiger partial charge in [0.1, 0.15) is 5.69 Å². The molecule has 0 bridgehead atoms. The van der Waals surface area contributed by atoms with E-state index in [4.69, 9.17) is 0 Å². The van der Waals surface area contributed by atoms with Crippen molar-refractivity contribution in [3.8, 4) is 0 Å². The molecule has 7 heteroatoms. The van der Waals surface area contributed by atoms with Crippen LogP contribution in [-0.2, 0) is 11.2 Å². The van der Waals surface area contributed by atoms with Crippen LogP contribution in [0.5, 0.6) is 0 Å². The van der Waals surface area contributed by atoms with Crippen molar-refractivity contribution in [2.75, 3.05) is 18.0 Å². The zero-order chi connectivity index (χ0) is 16.1. The van der Waals surface area contributed by atoms with Crippen LogP contribution < -0.4 is 15.8 Å². The molecule has 0 saturated carbocycles. The first-order valence-electron chi connectivity index (χ1n) is 7.42. The number of aromatic nitrogens is 2. The predicted molar refractivity (Wildman–Crippen MR) is 84.6 cm³/mol. The van der Waals surface area contributed by atoms with Gasteiger partial charge >= 0.3 is 0 Å². The molecule has 1 aliphatic rings. The second kappa shape index (κ2) is 6.87. The SMILES string of the molecule is O=C(CN1CCCc2ccccc21)NNC(=O)c1cnccn1. The fourth-order valence-electron chi connectivity index (χ4n) is 2.60. The van der Waals surface area contributed by atoms with E-state index >= 15 is 0 Å². The maximum absolute atomic E-state index is 12.1. The Morgan fingerprint density at radius 2 is 2.04 bits per heavy atom. The van der Waals surface area contributed by atoms with Gasteiger partial charge in [0.2, 0.25) is 0 Å². The van der Waals surface area contributed by atoms with Gasteiger partial charge in [-0.1, -0.05) is 18.2 Å². The van der Waals surface area contributed by atoms with Crippen LogP contribution in [0.4, 0.5) is 5.69 Å². The maximum Gasteiger partial charge on any atom is 0.289 e. The van der Waals surface area contributed by atoms with Crippen LogP contribution in [0.15, 0.2) is 42.9 Å². The molecule has 0 saturated heterocycles. The first-order chi connectivity index (χ1) is 11.2. The third-order valence-corrected chi connectivity index (χ3v) is 3.65. The molecule has 0 fully saturated rings.